The van der Waals surface area contributed by atoms with Crippen LogP contribution in [0.3, 0.4) is 0 Å². The van der Waals surface area contributed by atoms with E-state index in [-0.39, 0.29) is 6.03 Å². The lowest BCUT2D eigenvalue weighted by Crippen LogP contribution is -2.41. The van der Waals surface area contributed by atoms with Gasteiger partial charge in [0.05, 0.1) is 5.41 Å². The molecule has 116 valence electrons. The van der Waals surface area contributed by atoms with E-state index in [0.717, 1.165) is 12.8 Å². The molecule has 0 bridgehead atoms. The van der Waals surface area contributed by atoms with E-state index in [1.54, 1.807) is 4.90 Å². The first-order chi connectivity index (χ1) is 9.41. The Morgan fingerprint density at radius 3 is 2.55 bits per heavy atom. The summed E-state index contributed by atoms with van der Waals surface area (Å²) in [5.41, 5.74) is -0.741. The monoisotopic (exact) mass is 284 g/mol. The number of nitrogens with one attached hydrogen (secondary N) is 1. The lowest BCUT2D eigenvalue weighted by atomic mass is 9.84. The number of carbonyl (C=O) groups excluding carboxylic acids is 1. The number of hydrogen-bond donors (Lipinski definition) is 2. The summed E-state index contributed by atoms with van der Waals surface area (Å²) in [6.45, 7) is 7.81. The molecule has 0 saturated carbocycles. The van der Waals surface area contributed by atoms with Crippen LogP contribution in [0.4, 0.5) is 4.79 Å². The van der Waals surface area contributed by atoms with Crippen molar-refractivity contribution in [2.75, 3.05) is 19.6 Å². The second-order valence-corrected chi connectivity index (χ2v) is 6.23. The van der Waals surface area contributed by atoms with E-state index in [2.05, 4.69) is 19.2 Å². The normalized spacial score (nSPS) is 22.3. The zero-order valence-electron chi connectivity index (χ0n) is 12.9. The molecule has 1 heterocycles. The lowest BCUT2D eigenvalue weighted by molar-refractivity contribution is -0.148. The zero-order valence-corrected chi connectivity index (χ0v) is 12.9. The molecule has 2 amide bonds. The van der Waals surface area contributed by atoms with E-state index < -0.39 is 11.4 Å². The number of rotatable bonds is 7. The van der Waals surface area contributed by atoms with Crippen LogP contribution in [-0.4, -0.2) is 41.6 Å². The molecule has 0 aromatic carbocycles. The Balaban J connectivity index is 2.30. The predicted molar refractivity (Wildman–Crippen MR) is 78.6 cm³/mol. The number of carboxylic acids is 1. The molecule has 1 aliphatic rings. The van der Waals surface area contributed by atoms with Crippen LogP contribution in [0.15, 0.2) is 0 Å². The molecule has 1 aliphatic heterocycles. The Morgan fingerprint density at radius 2 is 2.05 bits per heavy atom. The minimum Gasteiger partial charge on any atom is -0.481 e. The van der Waals surface area contributed by atoms with E-state index in [1.165, 1.54) is 6.42 Å². The van der Waals surface area contributed by atoms with Gasteiger partial charge in [-0.3, -0.25) is 4.79 Å². The highest BCUT2D eigenvalue weighted by Gasteiger charge is 2.44. The highest BCUT2D eigenvalue weighted by Crippen LogP contribution is 2.34. The van der Waals surface area contributed by atoms with Crippen LogP contribution in [-0.2, 0) is 4.79 Å². The summed E-state index contributed by atoms with van der Waals surface area (Å²) in [6, 6.07) is -0.119. The number of nitrogens with zero attached hydrogens (tertiary/aromatic N) is 1. The van der Waals surface area contributed by atoms with E-state index in [1.807, 2.05) is 6.92 Å². The molecule has 0 aliphatic carbocycles. The molecular formula is C15H28N2O3. The Labute approximate surface area is 121 Å². The van der Waals surface area contributed by atoms with Crippen LogP contribution in [0.1, 0.15) is 52.9 Å². The molecule has 2 N–H and O–H groups in total. The van der Waals surface area contributed by atoms with Crippen molar-refractivity contribution in [1.82, 2.24) is 10.2 Å². The molecule has 5 heteroatoms. The zero-order chi connectivity index (χ0) is 15.2. The average molecular weight is 284 g/mol. The molecule has 0 radical (unpaired) electrons. The molecule has 0 aromatic heterocycles. The van der Waals surface area contributed by atoms with Crippen LogP contribution in [0.25, 0.3) is 0 Å². The van der Waals surface area contributed by atoms with Crippen LogP contribution >= 0.6 is 0 Å². The summed E-state index contributed by atoms with van der Waals surface area (Å²) >= 11 is 0. The fourth-order valence-corrected chi connectivity index (χ4v) is 2.64. The molecule has 1 atom stereocenters. The summed E-state index contributed by atoms with van der Waals surface area (Å²) in [6.07, 6.45) is 4.40. The summed E-state index contributed by atoms with van der Waals surface area (Å²) < 4.78 is 0. The highest BCUT2D eigenvalue weighted by atomic mass is 16.4. The molecule has 1 rings (SSSR count). The first kappa shape index (κ1) is 16.8. The number of unbranched alkanes of at least 4 members (excludes halogenated alkanes) is 1. The number of carbonyl (C=O) groups is 2. The van der Waals surface area contributed by atoms with Gasteiger partial charge >= 0.3 is 12.0 Å². The number of amides is 2. The number of hydrogen-bond acceptors (Lipinski definition) is 2. The number of urea groups is 1. The van der Waals surface area contributed by atoms with Gasteiger partial charge in [-0.05, 0) is 25.2 Å². The second-order valence-electron chi connectivity index (χ2n) is 6.23. The Morgan fingerprint density at radius 1 is 1.35 bits per heavy atom. The van der Waals surface area contributed by atoms with Gasteiger partial charge in [0.1, 0.15) is 0 Å². The van der Waals surface area contributed by atoms with Gasteiger partial charge in [0.2, 0.25) is 0 Å². The number of aliphatic carboxylic acids is 1. The summed E-state index contributed by atoms with van der Waals surface area (Å²) in [7, 11) is 0. The van der Waals surface area contributed by atoms with Gasteiger partial charge in [-0.25, -0.2) is 4.79 Å². The largest absolute Gasteiger partial charge is 0.481 e. The number of carboxylic acid groups (broad SMARTS) is 1. The van der Waals surface area contributed by atoms with Crippen molar-refractivity contribution in [3.05, 3.63) is 0 Å². The molecule has 1 unspecified atom stereocenters. The van der Waals surface area contributed by atoms with Crippen LogP contribution in [0.5, 0.6) is 0 Å². The quantitative estimate of drug-likeness (QED) is 0.706. The second kappa shape index (κ2) is 7.50. The molecule has 0 spiro atoms. The molecule has 20 heavy (non-hydrogen) atoms. The smallest absolute Gasteiger partial charge is 0.317 e. The van der Waals surface area contributed by atoms with E-state index in [0.29, 0.717) is 38.4 Å². The van der Waals surface area contributed by atoms with Gasteiger partial charge in [0.15, 0.2) is 0 Å². The maximum absolute atomic E-state index is 12.0. The van der Waals surface area contributed by atoms with E-state index >= 15 is 0 Å². The fourth-order valence-electron chi connectivity index (χ4n) is 2.64. The highest BCUT2D eigenvalue weighted by molar-refractivity contribution is 5.79. The number of likely N-dealkylation sites (tertiary alicyclic amines) is 1. The van der Waals surface area contributed by atoms with Crippen LogP contribution in [0.2, 0.25) is 0 Å². The SMILES string of the molecule is CCC1(C(=O)O)CCN(C(=O)NCCCCC(C)C)C1. The van der Waals surface area contributed by atoms with Crippen molar-refractivity contribution in [2.45, 2.75) is 52.9 Å². The van der Waals surface area contributed by atoms with Gasteiger partial charge in [0.25, 0.3) is 0 Å². The molecule has 0 aromatic rings. The van der Waals surface area contributed by atoms with Crippen molar-refractivity contribution in [3.8, 4) is 0 Å². The molecule has 1 fully saturated rings. The Hall–Kier alpha value is -1.26. The maximum Gasteiger partial charge on any atom is 0.317 e. The van der Waals surface area contributed by atoms with Gasteiger partial charge < -0.3 is 15.3 Å². The maximum atomic E-state index is 12.0. The van der Waals surface area contributed by atoms with Crippen LogP contribution in [0, 0.1) is 11.3 Å². The van der Waals surface area contributed by atoms with Gasteiger partial charge in [-0.15, -0.1) is 0 Å². The Kier molecular flexibility index (Phi) is 6.30. The topological polar surface area (TPSA) is 69.6 Å². The van der Waals surface area contributed by atoms with Crippen molar-refractivity contribution in [3.63, 3.8) is 0 Å². The van der Waals surface area contributed by atoms with Crippen molar-refractivity contribution in [1.29, 1.82) is 0 Å². The standard InChI is InChI=1S/C15H28N2O3/c1-4-15(13(18)19)8-10-17(11-15)14(20)16-9-6-5-7-12(2)3/h12H,4-11H2,1-3H3,(H,16,20)(H,18,19). The summed E-state index contributed by atoms with van der Waals surface area (Å²) in [5.74, 6) is -0.0859. The van der Waals surface area contributed by atoms with E-state index in [9.17, 15) is 14.7 Å². The predicted octanol–water partition coefficient (Wildman–Crippen LogP) is 2.71. The fraction of sp³-hybridized carbons (Fsp3) is 0.867. The minimum atomic E-state index is -0.785. The van der Waals surface area contributed by atoms with Gasteiger partial charge in [-0.1, -0.05) is 33.6 Å². The lowest BCUT2D eigenvalue weighted by Gasteiger charge is -2.23. The first-order valence-corrected chi connectivity index (χ1v) is 7.67. The molecule has 5 nitrogen and oxygen atoms in total. The third-order valence-electron chi connectivity index (χ3n) is 4.26. The van der Waals surface area contributed by atoms with Crippen molar-refractivity contribution < 1.29 is 14.7 Å². The minimum absolute atomic E-state index is 0.119. The van der Waals surface area contributed by atoms with E-state index in [4.69, 9.17) is 0 Å². The van der Waals surface area contributed by atoms with Crippen molar-refractivity contribution >= 4 is 12.0 Å². The van der Waals surface area contributed by atoms with Crippen LogP contribution < -0.4 is 5.32 Å². The van der Waals surface area contributed by atoms with Gasteiger partial charge in [0, 0.05) is 19.6 Å². The average Bonchev–Trinajstić information content (AvgIpc) is 2.83. The summed E-state index contributed by atoms with van der Waals surface area (Å²) in [4.78, 5) is 25.0. The molecular weight excluding hydrogens is 256 g/mol. The third-order valence-corrected chi connectivity index (χ3v) is 4.26. The Bertz CT molecular complexity index is 344. The van der Waals surface area contributed by atoms with Gasteiger partial charge in [-0.2, -0.15) is 0 Å². The molecule has 1 saturated heterocycles. The van der Waals surface area contributed by atoms with Crippen molar-refractivity contribution in [2.24, 2.45) is 11.3 Å². The summed E-state index contributed by atoms with van der Waals surface area (Å²) in [5, 5.41) is 12.2. The third kappa shape index (κ3) is 4.39. The first-order valence-electron chi connectivity index (χ1n) is 7.67.